The molecule has 2 aliphatic rings. The van der Waals surface area contributed by atoms with Crippen LogP contribution in [-0.2, 0) is 33.2 Å². The monoisotopic (exact) mass is 1080 g/mol. The van der Waals surface area contributed by atoms with E-state index in [1.54, 1.807) is 60.1 Å². The number of rotatable bonds is 28. The molecule has 406 valence electrons. The Bertz CT molecular complexity index is 3160. The van der Waals surface area contributed by atoms with Crippen molar-refractivity contribution in [2.75, 3.05) is 123 Å². The normalized spacial score (nSPS) is 15.6. The van der Waals surface area contributed by atoms with Crippen LogP contribution in [0.4, 0.5) is 15.8 Å². The van der Waals surface area contributed by atoms with Gasteiger partial charge < -0.3 is 62.9 Å². The van der Waals surface area contributed by atoms with Gasteiger partial charge in [-0.05, 0) is 67.1 Å². The van der Waals surface area contributed by atoms with E-state index in [4.69, 9.17) is 43.4 Å². The number of nitrogens with zero attached hydrogens (tertiary/aromatic N) is 7. The molecule has 0 saturated carbocycles. The average Bonchev–Trinajstić information content (AvgIpc) is 3.99. The lowest BCUT2D eigenvalue weighted by molar-refractivity contribution is -0.138. The fourth-order valence-corrected chi connectivity index (χ4v) is 9.07. The van der Waals surface area contributed by atoms with Gasteiger partial charge in [0, 0.05) is 74.5 Å². The van der Waals surface area contributed by atoms with Crippen molar-refractivity contribution in [1.82, 2.24) is 14.3 Å². The Balaban J connectivity index is 0.614. The number of aliphatic hydroxyl groups excluding tert-OH is 1. The van der Waals surface area contributed by atoms with Gasteiger partial charge in [-0.25, -0.2) is 24.0 Å². The first-order valence-corrected chi connectivity index (χ1v) is 25.9. The Morgan fingerprint density at radius 2 is 1.60 bits per heavy atom. The van der Waals surface area contributed by atoms with E-state index in [1.807, 2.05) is 36.4 Å². The van der Waals surface area contributed by atoms with Gasteiger partial charge in [-0.15, -0.1) is 0 Å². The molecular formula is C55H61FN8O12S. The maximum atomic E-state index is 13.7. The van der Waals surface area contributed by atoms with Gasteiger partial charge in [-0.2, -0.15) is 5.10 Å². The molecule has 0 bridgehead atoms. The number of nitrogens with two attached hydrogens (primary N) is 1. The van der Waals surface area contributed by atoms with Gasteiger partial charge in [0.1, 0.15) is 45.7 Å². The molecule has 0 atom stereocenters. The van der Waals surface area contributed by atoms with Gasteiger partial charge in [0.05, 0.1) is 101 Å². The number of aromatic hydroxyl groups is 1. The van der Waals surface area contributed by atoms with Crippen molar-refractivity contribution in [3.8, 4) is 22.8 Å². The van der Waals surface area contributed by atoms with Crippen molar-refractivity contribution in [3.63, 3.8) is 0 Å². The maximum Gasteiger partial charge on any atom is 0.345 e. The predicted molar refractivity (Wildman–Crippen MR) is 293 cm³/mol. The number of hydrogen-bond donors (Lipinski definition) is 3. The molecule has 1 fully saturated rings. The number of aliphatic imine (C=N–C) groups is 2. The molecule has 22 heteroatoms. The zero-order valence-electron chi connectivity index (χ0n) is 42.6. The third-order valence-electron chi connectivity index (χ3n) is 12.0. The number of carbonyl (C=O) groups is 1. The Hall–Kier alpha value is -7.44. The zero-order chi connectivity index (χ0) is 53.8. The molecule has 8 rings (SSSR count). The molecule has 1 saturated heterocycles. The average molecular weight is 1080 g/mol. The number of benzene rings is 3. The number of esters is 1. The Labute approximate surface area is 447 Å². The standard InChI is InChI=1S/C55H61FN8O12S/c1-2-74-55(68)51-52(66)49(77-53(51)59-41-6-4-3-5-7-41)31-38-8-11-47(46(65)30-38)75-29-28-69-20-13-58-35-42(61-57)37-73-27-26-72-25-24-71-23-22-70-21-19-62-15-17-63(18-16-62)43-10-9-39-32-44(54(67)76-48(39)34-43)45-36-64-14-12-40(56)33-50(64)60-45/h3-12,14,30-36,65-66H,2,13,15-29,37,57H2,1H3/b49-31-,58-35?,59-53?,61-42+. The number of phenols is 1. The van der Waals surface area contributed by atoms with Crippen molar-refractivity contribution in [2.24, 2.45) is 20.9 Å². The van der Waals surface area contributed by atoms with Gasteiger partial charge in [0.15, 0.2) is 11.5 Å². The first-order valence-electron chi connectivity index (χ1n) is 25.1. The number of carbonyl (C=O) groups excluding carboxylic acids is 1. The lowest BCUT2D eigenvalue weighted by Crippen LogP contribution is -2.47. The van der Waals surface area contributed by atoms with Gasteiger partial charge in [-0.3, -0.25) is 9.89 Å². The highest BCUT2D eigenvalue weighted by Crippen LogP contribution is 2.41. The molecule has 0 amide bonds. The number of pyridine rings is 1. The molecule has 20 nitrogen and oxygen atoms in total. The number of hydrazone groups is 1. The first-order chi connectivity index (χ1) is 37.6. The number of fused-ring (bicyclic) bond motifs is 2. The third kappa shape index (κ3) is 16.1. The summed E-state index contributed by atoms with van der Waals surface area (Å²) in [5, 5.41) is 26.4. The summed E-state index contributed by atoms with van der Waals surface area (Å²) in [6, 6.07) is 24.2. The number of hydrogen-bond acceptors (Lipinski definition) is 20. The van der Waals surface area contributed by atoms with Gasteiger partial charge >= 0.3 is 11.6 Å². The fourth-order valence-electron chi connectivity index (χ4n) is 8.04. The quantitative estimate of drug-likeness (QED) is 0.0114. The van der Waals surface area contributed by atoms with Crippen LogP contribution in [0.1, 0.15) is 12.5 Å². The number of piperazine rings is 1. The maximum absolute atomic E-state index is 13.7. The van der Waals surface area contributed by atoms with E-state index >= 15 is 0 Å². The summed E-state index contributed by atoms with van der Waals surface area (Å²) in [5.74, 6) is 4.34. The molecule has 3 aromatic heterocycles. The minimum atomic E-state index is -0.676. The molecule has 4 N–H and O–H groups in total. The third-order valence-corrected chi connectivity index (χ3v) is 13.0. The number of imidazole rings is 1. The largest absolute Gasteiger partial charge is 0.506 e. The number of para-hydroxylation sites is 1. The summed E-state index contributed by atoms with van der Waals surface area (Å²) in [5.41, 5.74) is 3.78. The van der Waals surface area contributed by atoms with Gasteiger partial charge in [0.25, 0.3) is 0 Å². The van der Waals surface area contributed by atoms with E-state index in [2.05, 4.69) is 29.9 Å². The highest BCUT2D eigenvalue weighted by molar-refractivity contribution is 8.18. The van der Waals surface area contributed by atoms with Crippen LogP contribution in [0.2, 0.25) is 0 Å². The van der Waals surface area contributed by atoms with Crippen LogP contribution in [0.15, 0.2) is 138 Å². The number of anilines is 1. The van der Waals surface area contributed by atoms with Crippen LogP contribution >= 0.6 is 11.8 Å². The van der Waals surface area contributed by atoms with E-state index in [9.17, 15) is 24.2 Å². The van der Waals surface area contributed by atoms with E-state index in [-0.39, 0.29) is 49.3 Å². The number of halogens is 1. The minimum absolute atomic E-state index is 0.0164. The SMILES string of the molecule is CCOC(=O)C1=C(O)/C(=C/c2ccc(OCCOCCN=C/C(COCCOCCOCCOCCN3CCN(c4ccc5cc(-c6cn7ccc(F)cc7n6)c(=O)oc5c4)CC3)=N\N)c(O)c2)SC1=Nc1ccccc1. The summed E-state index contributed by atoms with van der Waals surface area (Å²) in [7, 11) is 0. The van der Waals surface area contributed by atoms with E-state index in [0.29, 0.717) is 109 Å². The summed E-state index contributed by atoms with van der Waals surface area (Å²) in [6.45, 7) is 10.4. The first kappa shape index (κ1) is 55.8. The number of thioether (sulfide) groups is 1. The van der Waals surface area contributed by atoms with Crippen LogP contribution in [0, 0.1) is 5.82 Å². The summed E-state index contributed by atoms with van der Waals surface area (Å²) >= 11 is 1.13. The van der Waals surface area contributed by atoms with Crippen molar-refractivity contribution < 1.29 is 57.0 Å². The highest BCUT2D eigenvalue weighted by Gasteiger charge is 2.33. The lowest BCUT2D eigenvalue weighted by Gasteiger charge is -2.36. The van der Waals surface area contributed by atoms with Crippen LogP contribution in [0.25, 0.3) is 33.9 Å². The van der Waals surface area contributed by atoms with Gasteiger partial charge in [0.2, 0.25) is 0 Å². The predicted octanol–water partition coefficient (Wildman–Crippen LogP) is 6.82. The van der Waals surface area contributed by atoms with E-state index in [0.717, 1.165) is 55.6 Å². The van der Waals surface area contributed by atoms with Crippen molar-refractivity contribution in [2.45, 2.75) is 6.92 Å². The molecule has 5 heterocycles. The number of phenolic OH excluding ortho intramolecular Hbond substituents is 1. The van der Waals surface area contributed by atoms with Crippen LogP contribution in [-0.4, -0.2) is 166 Å². The topological polar surface area (TPSA) is 239 Å². The summed E-state index contributed by atoms with van der Waals surface area (Å²) in [4.78, 5) is 43.9. The Kier molecular flexibility index (Phi) is 20.7. The van der Waals surface area contributed by atoms with Gasteiger partial charge in [-0.1, -0.05) is 36.0 Å². The molecule has 0 radical (unpaired) electrons. The molecule has 0 spiro atoms. The lowest BCUT2D eigenvalue weighted by atomic mass is 10.1. The van der Waals surface area contributed by atoms with Crippen molar-refractivity contribution in [1.29, 1.82) is 0 Å². The Morgan fingerprint density at radius 1 is 0.857 bits per heavy atom. The molecule has 6 aromatic rings. The smallest absolute Gasteiger partial charge is 0.345 e. The zero-order valence-corrected chi connectivity index (χ0v) is 43.4. The van der Waals surface area contributed by atoms with E-state index < -0.39 is 17.4 Å². The number of ether oxygens (including phenoxy) is 7. The van der Waals surface area contributed by atoms with Crippen LogP contribution < -0.4 is 21.1 Å². The number of aromatic nitrogens is 2. The van der Waals surface area contributed by atoms with Crippen LogP contribution in [0.3, 0.4) is 0 Å². The second-order valence-electron chi connectivity index (χ2n) is 17.3. The van der Waals surface area contributed by atoms with Crippen molar-refractivity contribution in [3.05, 3.63) is 135 Å². The molecule has 0 unspecified atom stereocenters. The molecule has 2 aliphatic heterocycles. The fraction of sp³-hybridized carbons (Fsp3) is 0.345. The van der Waals surface area contributed by atoms with Crippen LogP contribution in [0.5, 0.6) is 11.5 Å². The summed E-state index contributed by atoms with van der Waals surface area (Å²) < 4.78 is 60.2. The van der Waals surface area contributed by atoms with Crippen molar-refractivity contribution >= 4 is 68.8 Å². The van der Waals surface area contributed by atoms with E-state index in [1.165, 1.54) is 24.4 Å². The molecule has 3 aromatic carbocycles. The highest BCUT2D eigenvalue weighted by atomic mass is 32.2. The summed E-state index contributed by atoms with van der Waals surface area (Å²) in [6.07, 6.45) is 6.42. The molecule has 0 aliphatic carbocycles. The molecular weight excluding hydrogens is 1020 g/mol. The minimum Gasteiger partial charge on any atom is -0.506 e. The molecule has 77 heavy (non-hydrogen) atoms. The second-order valence-corrected chi connectivity index (χ2v) is 18.3. The number of aliphatic hydroxyl groups is 1. The second kappa shape index (κ2) is 28.6. The Morgan fingerprint density at radius 3 is 2.35 bits per heavy atom.